The van der Waals surface area contributed by atoms with E-state index in [4.69, 9.17) is 15.5 Å². The maximum atomic E-state index is 10.1. The van der Waals surface area contributed by atoms with Crippen LogP contribution in [-0.4, -0.2) is 15.8 Å². The first-order chi connectivity index (χ1) is 3.92. The van der Waals surface area contributed by atoms with Gasteiger partial charge in [0, 0.05) is 11.9 Å². The van der Waals surface area contributed by atoms with E-state index >= 15 is 0 Å². The van der Waals surface area contributed by atoms with Crippen molar-refractivity contribution in [3.05, 3.63) is 11.9 Å². The topological polar surface area (TPSA) is 83.6 Å². The minimum absolute atomic E-state index is 0.308. The van der Waals surface area contributed by atoms with Crippen LogP contribution in [0.2, 0.25) is 0 Å². The van der Waals surface area contributed by atoms with Gasteiger partial charge in [0.05, 0.1) is 0 Å². The Kier molecular flexibility index (Phi) is 3.08. The largest absolute Gasteiger partial charge is 0.348 e. The van der Waals surface area contributed by atoms with Crippen LogP contribution >= 0.6 is 7.60 Å². The lowest BCUT2D eigenvalue weighted by Crippen LogP contribution is -2.09. The SMILES string of the molecule is C[C@@H](N)/C=C/P(=O)(O)O. The van der Waals surface area contributed by atoms with Gasteiger partial charge in [-0.15, -0.1) is 0 Å². The van der Waals surface area contributed by atoms with Gasteiger partial charge in [0.1, 0.15) is 0 Å². The van der Waals surface area contributed by atoms with Crippen molar-refractivity contribution in [3.63, 3.8) is 0 Å². The molecule has 0 bridgehead atoms. The van der Waals surface area contributed by atoms with Gasteiger partial charge in [0.25, 0.3) is 0 Å². The fourth-order valence-electron chi connectivity index (χ4n) is 0.248. The van der Waals surface area contributed by atoms with Crippen LogP contribution in [0.4, 0.5) is 0 Å². The summed E-state index contributed by atoms with van der Waals surface area (Å²) >= 11 is 0. The first-order valence-corrected chi connectivity index (χ1v) is 4.10. The van der Waals surface area contributed by atoms with Crippen LogP contribution in [0, 0.1) is 0 Å². The average molecular weight is 151 g/mol. The van der Waals surface area contributed by atoms with Crippen molar-refractivity contribution in [2.45, 2.75) is 13.0 Å². The second-order valence-electron chi connectivity index (χ2n) is 1.79. The van der Waals surface area contributed by atoms with Crippen molar-refractivity contribution < 1.29 is 14.4 Å². The van der Waals surface area contributed by atoms with Crippen LogP contribution in [0.3, 0.4) is 0 Å². The molecule has 0 fully saturated rings. The van der Waals surface area contributed by atoms with E-state index in [1.807, 2.05) is 0 Å². The Balaban J connectivity index is 3.87. The third-order valence-corrected chi connectivity index (χ3v) is 1.14. The molecule has 0 amide bonds. The third-order valence-electron chi connectivity index (χ3n) is 0.584. The number of rotatable bonds is 2. The maximum absolute atomic E-state index is 10.1. The summed E-state index contributed by atoms with van der Waals surface area (Å²) in [5.74, 6) is 0.803. The number of hydrogen-bond acceptors (Lipinski definition) is 2. The summed E-state index contributed by atoms with van der Waals surface area (Å²) in [5.41, 5.74) is 5.17. The zero-order valence-corrected chi connectivity index (χ0v) is 5.95. The van der Waals surface area contributed by atoms with E-state index in [9.17, 15) is 4.57 Å². The van der Waals surface area contributed by atoms with Crippen LogP contribution < -0.4 is 5.73 Å². The van der Waals surface area contributed by atoms with Crippen molar-refractivity contribution in [3.8, 4) is 0 Å². The van der Waals surface area contributed by atoms with E-state index in [-0.39, 0.29) is 6.04 Å². The van der Waals surface area contributed by atoms with Gasteiger partial charge in [0.15, 0.2) is 0 Å². The molecule has 0 aliphatic carbocycles. The molecule has 0 aromatic heterocycles. The van der Waals surface area contributed by atoms with Crippen LogP contribution in [-0.2, 0) is 4.57 Å². The molecule has 0 aromatic carbocycles. The Morgan fingerprint density at radius 3 is 2.22 bits per heavy atom. The lowest BCUT2D eigenvalue weighted by atomic mass is 10.4. The van der Waals surface area contributed by atoms with Crippen LogP contribution in [0.25, 0.3) is 0 Å². The molecule has 4 nitrogen and oxygen atoms in total. The summed E-state index contributed by atoms with van der Waals surface area (Å²) in [6.45, 7) is 1.63. The molecule has 1 atom stereocenters. The summed E-state index contributed by atoms with van der Waals surface area (Å²) in [7, 11) is -3.98. The monoisotopic (exact) mass is 151 g/mol. The van der Waals surface area contributed by atoms with Gasteiger partial charge in [-0.05, 0) is 6.92 Å². The molecule has 4 N–H and O–H groups in total. The molecular formula is C4H10NO3P. The van der Waals surface area contributed by atoms with Crippen LogP contribution in [0.5, 0.6) is 0 Å². The molecule has 0 heterocycles. The third kappa shape index (κ3) is 7.85. The summed E-state index contributed by atoms with van der Waals surface area (Å²) in [5, 5.41) is 0. The van der Waals surface area contributed by atoms with E-state index in [1.165, 1.54) is 6.08 Å². The lowest BCUT2D eigenvalue weighted by Gasteiger charge is -1.95. The van der Waals surface area contributed by atoms with Gasteiger partial charge < -0.3 is 15.5 Å². The average Bonchev–Trinajstić information content (AvgIpc) is 1.59. The molecule has 0 radical (unpaired) electrons. The normalized spacial score (nSPS) is 16.4. The van der Waals surface area contributed by atoms with E-state index in [0.29, 0.717) is 0 Å². The first kappa shape index (κ1) is 8.85. The summed E-state index contributed by atoms with van der Waals surface area (Å²) < 4.78 is 10.1. The molecule has 5 heteroatoms. The second-order valence-corrected chi connectivity index (χ2v) is 3.27. The number of nitrogens with two attached hydrogens (primary N) is 1. The molecule has 0 aromatic rings. The molecule has 9 heavy (non-hydrogen) atoms. The molecule has 0 rings (SSSR count). The fourth-order valence-corrected chi connectivity index (χ4v) is 0.744. The van der Waals surface area contributed by atoms with E-state index < -0.39 is 7.60 Å². The smallest absolute Gasteiger partial charge is 0.325 e. The molecule has 0 spiro atoms. The highest BCUT2D eigenvalue weighted by Crippen LogP contribution is 2.35. The fraction of sp³-hybridized carbons (Fsp3) is 0.500. The molecule has 0 saturated carbocycles. The Labute approximate surface area is 53.5 Å². The Morgan fingerprint density at radius 1 is 1.67 bits per heavy atom. The minimum Gasteiger partial charge on any atom is -0.325 e. The predicted molar refractivity (Wildman–Crippen MR) is 34.8 cm³/mol. The Morgan fingerprint density at radius 2 is 2.11 bits per heavy atom. The highest BCUT2D eigenvalue weighted by Gasteiger charge is 2.04. The summed E-state index contributed by atoms with van der Waals surface area (Å²) in [4.78, 5) is 16.5. The van der Waals surface area contributed by atoms with E-state index in [1.54, 1.807) is 6.92 Å². The van der Waals surface area contributed by atoms with Gasteiger partial charge in [-0.2, -0.15) is 0 Å². The van der Waals surface area contributed by atoms with Crippen molar-refractivity contribution in [2.75, 3.05) is 0 Å². The van der Waals surface area contributed by atoms with Gasteiger partial charge in [-0.3, -0.25) is 4.57 Å². The highest BCUT2D eigenvalue weighted by atomic mass is 31.2. The van der Waals surface area contributed by atoms with E-state index in [0.717, 1.165) is 5.82 Å². The Hall–Kier alpha value is -0.150. The molecule has 0 unspecified atom stereocenters. The summed E-state index contributed by atoms with van der Waals surface area (Å²) in [6, 6.07) is -0.308. The highest BCUT2D eigenvalue weighted by molar-refractivity contribution is 7.55. The van der Waals surface area contributed by atoms with Crippen molar-refractivity contribution in [1.29, 1.82) is 0 Å². The zero-order chi connectivity index (χ0) is 7.49. The van der Waals surface area contributed by atoms with Gasteiger partial charge in [-0.1, -0.05) is 6.08 Å². The second kappa shape index (κ2) is 3.13. The summed E-state index contributed by atoms with van der Waals surface area (Å²) in [6.07, 6.45) is 1.26. The standard InChI is InChI=1S/C4H10NO3P/c1-4(5)2-3-9(6,7)8/h2-4H,5H2,1H3,(H2,6,7,8)/b3-2+/t4-/m1/s1. The van der Waals surface area contributed by atoms with Gasteiger partial charge in [0.2, 0.25) is 0 Å². The quantitative estimate of drug-likeness (QED) is 0.486. The zero-order valence-electron chi connectivity index (χ0n) is 5.06. The van der Waals surface area contributed by atoms with E-state index in [2.05, 4.69) is 0 Å². The maximum Gasteiger partial charge on any atom is 0.348 e. The lowest BCUT2D eigenvalue weighted by molar-refractivity contribution is 0.386. The molecule has 0 aliphatic rings. The molecule has 54 valence electrons. The van der Waals surface area contributed by atoms with Gasteiger partial charge in [-0.25, -0.2) is 0 Å². The first-order valence-electron chi connectivity index (χ1n) is 2.42. The van der Waals surface area contributed by atoms with Crippen molar-refractivity contribution in [2.24, 2.45) is 5.73 Å². The van der Waals surface area contributed by atoms with Crippen molar-refractivity contribution >= 4 is 7.60 Å². The van der Waals surface area contributed by atoms with Crippen LogP contribution in [0.15, 0.2) is 11.9 Å². The van der Waals surface area contributed by atoms with Crippen molar-refractivity contribution in [1.82, 2.24) is 0 Å². The minimum atomic E-state index is -3.98. The Bertz CT molecular complexity index is 148. The van der Waals surface area contributed by atoms with Crippen LogP contribution in [0.1, 0.15) is 6.92 Å². The van der Waals surface area contributed by atoms with Gasteiger partial charge >= 0.3 is 7.60 Å². The predicted octanol–water partition coefficient (Wildman–Crippen LogP) is 0.0250. The molecule has 0 saturated heterocycles. The molecule has 0 aliphatic heterocycles. The number of hydrogen-bond donors (Lipinski definition) is 3. The molecular weight excluding hydrogens is 141 g/mol.